The maximum absolute atomic E-state index is 12.6. The van der Waals surface area contributed by atoms with Gasteiger partial charge in [-0.25, -0.2) is 0 Å². The molecule has 2 aromatic carbocycles. The minimum atomic E-state index is -0.379. The predicted octanol–water partition coefficient (Wildman–Crippen LogP) is 4.39. The van der Waals surface area contributed by atoms with Crippen LogP contribution in [0.15, 0.2) is 42.5 Å². The van der Waals surface area contributed by atoms with Crippen molar-refractivity contribution in [2.24, 2.45) is 0 Å². The molecule has 0 heterocycles. The second-order valence-electron chi connectivity index (χ2n) is 6.05. The molecule has 1 fully saturated rings. The molecular weight excluding hydrogens is 345 g/mol. The van der Waals surface area contributed by atoms with E-state index in [1.807, 2.05) is 36.4 Å². The summed E-state index contributed by atoms with van der Waals surface area (Å²) in [4.78, 5) is 12.6. The molecule has 1 aliphatic carbocycles. The van der Waals surface area contributed by atoms with E-state index in [2.05, 4.69) is 5.32 Å². The summed E-state index contributed by atoms with van der Waals surface area (Å²) in [5, 5.41) is 4.29. The van der Waals surface area contributed by atoms with Crippen LogP contribution in [0.1, 0.15) is 24.0 Å². The molecule has 0 bridgehead atoms. The van der Waals surface area contributed by atoms with Crippen LogP contribution in [0, 0.1) is 0 Å². The van der Waals surface area contributed by atoms with Crippen molar-refractivity contribution in [3.8, 4) is 5.75 Å². The first-order valence-electron chi connectivity index (χ1n) is 7.92. The molecule has 1 aliphatic rings. The van der Waals surface area contributed by atoms with Gasteiger partial charge in [0.05, 0.1) is 12.5 Å². The van der Waals surface area contributed by atoms with Crippen LogP contribution < -0.4 is 10.1 Å². The quantitative estimate of drug-likeness (QED) is 0.826. The molecular formula is C19H19Cl2NO2. The van der Waals surface area contributed by atoms with Gasteiger partial charge in [-0.2, -0.15) is 0 Å². The maximum atomic E-state index is 12.6. The third-order valence-corrected chi connectivity index (χ3v) is 5.11. The number of ether oxygens (including phenoxy) is 1. The largest absolute Gasteiger partial charge is 0.497 e. The SMILES string of the molecule is COc1ccc(C2(C(=O)NCCc3ccc(Cl)cc3Cl)CC2)cc1. The lowest BCUT2D eigenvalue weighted by Gasteiger charge is -2.16. The van der Waals surface area contributed by atoms with Crippen LogP contribution in [0.3, 0.4) is 0 Å². The fourth-order valence-electron chi connectivity index (χ4n) is 2.89. The Bertz CT molecular complexity index is 740. The third kappa shape index (κ3) is 3.52. The Morgan fingerprint density at radius 1 is 1.17 bits per heavy atom. The molecule has 3 rings (SSSR count). The maximum Gasteiger partial charge on any atom is 0.230 e. The zero-order chi connectivity index (χ0) is 17.2. The van der Waals surface area contributed by atoms with Crippen molar-refractivity contribution in [3.05, 3.63) is 63.6 Å². The van der Waals surface area contributed by atoms with Crippen LogP contribution >= 0.6 is 23.2 Å². The Hall–Kier alpha value is -1.71. The lowest BCUT2D eigenvalue weighted by Crippen LogP contribution is -2.35. The molecule has 0 atom stereocenters. The van der Waals surface area contributed by atoms with Gasteiger partial charge in [-0.05, 0) is 54.7 Å². The second-order valence-corrected chi connectivity index (χ2v) is 6.90. The van der Waals surface area contributed by atoms with Gasteiger partial charge in [-0.1, -0.05) is 41.4 Å². The fourth-order valence-corrected chi connectivity index (χ4v) is 3.39. The van der Waals surface area contributed by atoms with Gasteiger partial charge in [0.25, 0.3) is 0 Å². The first-order valence-corrected chi connectivity index (χ1v) is 8.67. The molecule has 1 amide bonds. The van der Waals surface area contributed by atoms with Crippen molar-refractivity contribution in [3.63, 3.8) is 0 Å². The molecule has 0 saturated heterocycles. The summed E-state index contributed by atoms with van der Waals surface area (Å²) >= 11 is 12.1. The molecule has 3 nitrogen and oxygen atoms in total. The first-order chi connectivity index (χ1) is 11.5. The monoisotopic (exact) mass is 363 g/mol. The van der Waals surface area contributed by atoms with Crippen molar-refractivity contribution < 1.29 is 9.53 Å². The third-order valence-electron chi connectivity index (χ3n) is 4.52. The summed E-state index contributed by atoms with van der Waals surface area (Å²) in [7, 11) is 1.64. The van der Waals surface area contributed by atoms with E-state index in [1.54, 1.807) is 13.2 Å². The van der Waals surface area contributed by atoms with E-state index in [-0.39, 0.29) is 11.3 Å². The molecule has 0 radical (unpaired) electrons. The van der Waals surface area contributed by atoms with Crippen LogP contribution in [0.5, 0.6) is 5.75 Å². The molecule has 2 aromatic rings. The molecule has 1 saturated carbocycles. The number of rotatable bonds is 6. The number of nitrogens with one attached hydrogen (secondary N) is 1. The number of benzene rings is 2. The van der Waals surface area contributed by atoms with Crippen molar-refractivity contribution in [1.82, 2.24) is 5.32 Å². The molecule has 0 aromatic heterocycles. The van der Waals surface area contributed by atoms with Crippen molar-refractivity contribution >= 4 is 29.1 Å². The Balaban J connectivity index is 1.60. The molecule has 0 spiro atoms. The van der Waals surface area contributed by atoms with E-state index in [4.69, 9.17) is 27.9 Å². The summed E-state index contributed by atoms with van der Waals surface area (Å²) in [5.41, 5.74) is 1.65. The van der Waals surface area contributed by atoms with E-state index in [9.17, 15) is 4.79 Å². The second kappa shape index (κ2) is 7.04. The van der Waals surface area contributed by atoms with Gasteiger partial charge in [0.2, 0.25) is 5.91 Å². The zero-order valence-electron chi connectivity index (χ0n) is 13.4. The lowest BCUT2D eigenvalue weighted by molar-refractivity contribution is -0.123. The van der Waals surface area contributed by atoms with Gasteiger partial charge in [-0.15, -0.1) is 0 Å². The van der Waals surface area contributed by atoms with Crippen LogP contribution in [0.25, 0.3) is 0 Å². The minimum Gasteiger partial charge on any atom is -0.497 e. The zero-order valence-corrected chi connectivity index (χ0v) is 15.0. The summed E-state index contributed by atoms with van der Waals surface area (Å²) < 4.78 is 5.17. The highest BCUT2D eigenvalue weighted by Gasteiger charge is 2.50. The smallest absolute Gasteiger partial charge is 0.230 e. The van der Waals surface area contributed by atoms with Crippen molar-refractivity contribution in [1.29, 1.82) is 0 Å². The van der Waals surface area contributed by atoms with Crippen LogP contribution in [-0.4, -0.2) is 19.6 Å². The number of hydrogen-bond acceptors (Lipinski definition) is 2. The van der Waals surface area contributed by atoms with E-state index >= 15 is 0 Å². The Morgan fingerprint density at radius 2 is 1.88 bits per heavy atom. The standard InChI is InChI=1S/C19H19Cl2NO2/c1-24-16-6-3-14(4-7-16)19(9-10-19)18(23)22-11-8-13-2-5-15(20)12-17(13)21/h2-7,12H,8-11H2,1H3,(H,22,23). The summed E-state index contributed by atoms with van der Waals surface area (Å²) in [6, 6.07) is 13.2. The van der Waals surface area contributed by atoms with E-state index in [0.29, 0.717) is 23.0 Å². The summed E-state index contributed by atoms with van der Waals surface area (Å²) in [6.07, 6.45) is 2.44. The molecule has 0 unspecified atom stereocenters. The lowest BCUT2D eigenvalue weighted by atomic mass is 9.95. The van der Waals surface area contributed by atoms with E-state index in [1.165, 1.54) is 0 Å². The topological polar surface area (TPSA) is 38.3 Å². The summed E-state index contributed by atoms with van der Waals surface area (Å²) in [5.74, 6) is 0.880. The number of methoxy groups -OCH3 is 1. The number of carbonyl (C=O) groups is 1. The minimum absolute atomic E-state index is 0.0813. The highest BCUT2D eigenvalue weighted by Crippen LogP contribution is 2.48. The number of halogens is 2. The van der Waals surface area contributed by atoms with Gasteiger partial charge in [0, 0.05) is 16.6 Å². The van der Waals surface area contributed by atoms with Crippen molar-refractivity contribution in [2.45, 2.75) is 24.7 Å². The summed E-state index contributed by atoms with van der Waals surface area (Å²) in [6.45, 7) is 0.554. The number of amides is 1. The fraction of sp³-hybridized carbons (Fsp3) is 0.316. The van der Waals surface area contributed by atoms with E-state index in [0.717, 1.165) is 29.7 Å². The van der Waals surface area contributed by atoms with Crippen LogP contribution in [0.2, 0.25) is 10.0 Å². The highest BCUT2D eigenvalue weighted by atomic mass is 35.5. The Kier molecular flexibility index (Phi) is 5.02. The number of carbonyl (C=O) groups excluding carboxylic acids is 1. The highest BCUT2D eigenvalue weighted by molar-refractivity contribution is 6.35. The van der Waals surface area contributed by atoms with Crippen molar-refractivity contribution in [2.75, 3.05) is 13.7 Å². The first kappa shape index (κ1) is 17.1. The Morgan fingerprint density at radius 3 is 2.46 bits per heavy atom. The average Bonchev–Trinajstić information content (AvgIpc) is 3.39. The van der Waals surface area contributed by atoms with Crippen LogP contribution in [0.4, 0.5) is 0 Å². The predicted molar refractivity (Wildman–Crippen MR) is 97.1 cm³/mol. The number of hydrogen-bond donors (Lipinski definition) is 1. The molecule has 1 N–H and O–H groups in total. The van der Waals surface area contributed by atoms with Gasteiger partial charge in [0.1, 0.15) is 5.75 Å². The van der Waals surface area contributed by atoms with Crippen LogP contribution in [-0.2, 0) is 16.6 Å². The average molecular weight is 364 g/mol. The molecule has 0 aliphatic heterocycles. The molecule has 24 heavy (non-hydrogen) atoms. The van der Waals surface area contributed by atoms with Gasteiger partial charge >= 0.3 is 0 Å². The van der Waals surface area contributed by atoms with Gasteiger partial charge in [-0.3, -0.25) is 4.79 Å². The Labute approximate surface area is 151 Å². The normalized spacial score (nSPS) is 15.0. The van der Waals surface area contributed by atoms with Gasteiger partial charge in [0.15, 0.2) is 0 Å². The molecule has 126 valence electrons. The molecule has 5 heteroatoms. The van der Waals surface area contributed by atoms with E-state index < -0.39 is 0 Å². The van der Waals surface area contributed by atoms with Gasteiger partial charge < -0.3 is 10.1 Å².